The molecule has 0 aliphatic carbocycles. The van der Waals surface area contributed by atoms with Crippen molar-refractivity contribution in [3.8, 4) is 11.5 Å². The highest BCUT2D eigenvalue weighted by Gasteiger charge is 2.32. The van der Waals surface area contributed by atoms with E-state index in [0.717, 1.165) is 31.5 Å². The molecule has 0 bridgehead atoms. The summed E-state index contributed by atoms with van der Waals surface area (Å²) in [6, 6.07) is 4.01. The van der Waals surface area contributed by atoms with Crippen molar-refractivity contribution in [1.29, 1.82) is 0 Å². The summed E-state index contributed by atoms with van der Waals surface area (Å²) in [4.78, 5) is 17.6. The molecular formula is C19H28N2O3. The van der Waals surface area contributed by atoms with Crippen LogP contribution in [0.5, 0.6) is 11.5 Å². The Labute approximate surface area is 144 Å². The highest BCUT2D eigenvalue weighted by molar-refractivity contribution is 5.95. The summed E-state index contributed by atoms with van der Waals surface area (Å²) in [6.45, 7) is 6.13. The first-order valence-electron chi connectivity index (χ1n) is 8.90. The van der Waals surface area contributed by atoms with Crippen molar-refractivity contribution < 1.29 is 14.3 Å². The molecule has 0 saturated carbocycles. The fourth-order valence-electron chi connectivity index (χ4n) is 3.93. The number of methoxy groups -OCH3 is 2. The molecule has 1 atom stereocenters. The van der Waals surface area contributed by atoms with E-state index < -0.39 is 0 Å². The van der Waals surface area contributed by atoms with Crippen molar-refractivity contribution in [2.24, 2.45) is 0 Å². The highest BCUT2D eigenvalue weighted by atomic mass is 16.5. The lowest BCUT2D eigenvalue weighted by atomic mass is 10.1. The van der Waals surface area contributed by atoms with Crippen LogP contribution in [0.2, 0.25) is 0 Å². The zero-order valence-corrected chi connectivity index (χ0v) is 15.0. The molecule has 2 aliphatic rings. The molecule has 0 radical (unpaired) electrons. The van der Waals surface area contributed by atoms with E-state index in [4.69, 9.17) is 9.47 Å². The van der Waals surface area contributed by atoms with E-state index in [1.165, 1.54) is 25.9 Å². The highest BCUT2D eigenvalue weighted by Crippen LogP contribution is 2.31. The van der Waals surface area contributed by atoms with E-state index in [9.17, 15) is 4.79 Å². The van der Waals surface area contributed by atoms with E-state index in [1.54, 1.807) is 14.2 Å². The molecule has 0 aromatic heterocycles. The Morgan fingerprint density at radius 2 is 1.71 bits per heavy atom. The summed E-state index contributed by atoms with van der Waals surface area (Å²) < 4.78 is 10.8. The number of benzene rings is 1. The van der Waals surface area contributed by atoms with Crippen molar-refractivity contribution in [3.05, 3.63) is 23.3 Å². The van der Waals surface area contributed by atoms with Gasteiger partial charge in [0.1, 0.15) is 11.5 Å². The fraction of sp³-hybridized carbons (Fsp3) is 0.632. The predicted molar refractivity (Wildman–Crippen MR) is 94.0 cm³/mol. The monoisotopic (exact) mass is 332 g/mol. The molecule has 3 rings (SSSR count). The van der Waals surface area contributed by atoms with Crippen molar-refractivity contribution in [2.45, 2.75) is 38.6 Å². The zero-order valence-electron chi connectivity index (χ0n) is 15.0. The average molecular weight is 332 g/mol. The summed E-state index contributed by atoms with van der Waals surface area (Å²) in [5, 5.41) is 0. The molecule has 2 aliphatic heterocycles. The molecule has 0 spiro atoms. The van der Waals surface area contributed by atoms with Crippen LogP contribution in [0.1, 0.15) is 41.6 Å². The maximum absolute atomic E-state index is 13.1. The van der Waals surface area contributed by atoms with Crippen LogP contribution in [0.4, 0.5) is 0 Å². The summed E-state index contributed by atoms with van der Waals surface area (Å²) >= 11 is 0. The molecule has 2 saturated heterocycles. The molecule has 5 heteroatoms. The van der Waals surface area contributed by atoms with Gasteiger partial charge in [0, 0.05) is 30.3 Å². The second-order valence-electron chi connectivity index (χ2n) is 6.81. The van der Waals surface area contributed by atoms with Gasteiger partial charge < -0.3 is 19.3 Å². The lowest BCUT2D eigenvalue weighted by molar-refractivity contribution is 0.0708. The third kappa shape index (κ3) is 3.36. The number of carbonyl (C=O) groups is 1. The van der Waals surface area contributed by atoms with Gasteiger partial charge in [0.05, 0.1) is 14.2 Å². The maximum Gasteiger partial charge on any atom is 0.254 e. The number of carbonyl (C=O) groups excluding carboxylic acids is 1. The number of likely N-dealkylation sites (tertiary alicyclic amines) is 2. The van der Waals surface area contributed by atoms with Crippen LogP contribution in [0.15, 0.2) is 12.1 Å². The van der Waals surface area contributed by atoms with Crippen LogP contribution < -0.4 is 9.47 Å². The number of hydrogen-bond acceptors (Lipinski definition) is 4. The van der Waals surface area contributed by atoms with Gasteiger partial charge in [0.15, 0.2) is 0 Å². The van der Waals surface area contributed by atoms with Crippen LogP contribution in [0, 0.1) is 6.92 Å². The predicted octanol–water partition coefficient (Wildman–Crippen LogP) is 2.71. The topological polar surface area (TPSA) is 42.0 Å². The van der Waals surface area contributed by atoms with E-state index in [-0.39, 0.29) is 5.91 Å². The van der Waals surface area contributed by atoms with Crippen molar-refractivity contribution in [3.63, 3.8) is 0 Å². The van der Waals surface area contributed by atoms with Gasteiger partial charge >= 0.3 is 0 Å². The Balaban J connectivity index is 1.79. The molecule has 24 heavy (non-hydrogen) atoms. The van der Waals surface area contributed by atoms with Crippen LogP contribution >= 0.6 is 0 Å². The van der Waals surface area contributed by atoms with Gasteiger partial charge in [-0.15, -0.1) is 0 Å². The molecule has 132 valence electrons. The van der Waals surface area contributed by atoms with Crippen LogP contribution in [0.25, 0.3) is 0 Å². The minimum Gasteiger partial charge on any atom is -0.496 e. The Morgan fingerprint density at radius 1 is 1.08 bits per heavy atom. The van der Waals surface area contributed by atoms with Crippen LogP contribution in [0.3, 0.4) is 0 Å². The van der Waals surface area contributed by atoms with Gasteiger partial charge in [-0.2, -0.15) is 0 Å². The Kier molecular flexibility index (Phi) is 5.29. The number of rotatable bonds is 5. The fourth-order valence-corrected chi connectivity index (χ4v) is 3.93. The third-order valence-electron chi connectivity index (χ3n) is 5.30. The minimum atomic E-state index is 0.0910. The summed E-state index contributed by atoms with van der Waals surface area (Å²) in [5.74, 6) is 1.49. The van der Waals surface area contributed by atoms with E-state index in [0.29, 0.717) is 23.1 Å². The first-order valence-corrected chi connectivity index (χ1v) is 8.90. The van der Waals surface area contributed by atoms with Crippen LogP contribution in [-0.4, -0.2) is 62.1 Å². The van der Waals surface area contributed by atoms with Gasteiger partial charge in [0.25, 0.3) is 5.91 Å². The minimum absolute atomic E-state index is 0.0910. The second kappa shape index (κ2) is 7.43. The van der Waals surface area contributed by atoms with Gasteiger partial charge in [-0.05, 0) is 57.8 Å². The molecular weight excluding hydrogens is 304 g/mol. The zero-order chi connectivity index (χ0) is 17.1. The van der Waals surface area contributed by atoms with Gasteiger partial charge in [-0.1, -0.05) is 0 Å². The number of nitrogens with zero attached hydrogens (tertiary/aromatic N) is 2. The molecule has 2 fully saturated rings. The maximum atomic E-state index is 13.1. The molecule has 1 aromatic carbocycles. The Hall–Kier alpha value is -1.75. The summed E-state index contributed by atoms with van der Waals surface area (Å²) in [7, 11) is 3.25. The number of hydrogen-bond donors (Lipinski definition) is 0. The lowest BCUT2D eigenvalue weighted by Gasteiger charge is -2.29. The molecule has 1 amide bonds. The smallest absolute Gasteiger partial charge is 0.254 e. The number of ether oxygens (including phenoxy) is 2. The molecule has 2 heterocycles. The van der Waals surface area contributed by atoms with Gasteiger partial charge in [-0.25, -0.2) is 0 Å². The van der Waals surface area contributed by atoms with Crippen molar-refractivity contribution in [1.82, 2.24) is 9.80 Å². The largest absolute Gasteiger partial charge is 0.496 e. The molecule has 5 nitrogen and oxygen atoms in total. The summed E-state index contributed by atoms with van der Waals surface area (Å²) in [6.07, 6.45) is 4.76. The normalized spacial score (nSPS) is 21.3. The van der Waals surface area contributed by atoms with Gasteiger partial charge in [-0.3, -0.25) is 4.79 Å². The summed E-state index contributed by atoms with van der Waals surface area (Å²) in [5.41, 5.74) is 1.58. The first kappa shape index (κ1) is 17.1. The molecule has 1 aromatic rings. The lowest BCUT2D eigenvalue weighted by Crippen LogP contribution is -2.42. The first-order chi connectivity index (χ1) is 11.6. The Morgan fingerprint density at radius 3 is 2.29 bits per heavy atom. The third-order valence-corrected chi connectivity index (χ3v) is 5.30. The average Bonchev–Trinajstić information content (AvgIpc) is 3.27. The second-order valence-corrected chi connectivity index (χ2v) is 6.81. The quantitative estimate of drug-likeness (QED) is 0.831. The standard InChI is InChI=1S/C19H28N2O3/c1-14-17(23-2)11-15(12-18(14)24-3)19(22)21-10-6-7-16(21)13-20-8-4-5-9-20/h11-12,16H,4-10,13H2,1-3H3/t16-/m0/s1. The van der Waals surface area contributed by atoms with E-state index >= 15 is 0 Å². The van der Waals surface area contributed by atoms with Crippen molar-refractivity contribution in [2.75, 3.05) is 40.4 Å². The van der Waals surface area contributed by atoms with Gasteiger partial charge in [0.2, 0.25) is 0 Å². The Bertz CT molecular complexity index is 571. The van der Waals surface area contributed by atoms with Crippen molar-refractivity contribution >= 4 is 5.91 Å². The number of amides is 1. The molecule has 0 N–H and O–H groups in total. The molecule has 0 unspecified atom stereocenters. The van der Waals surface area contributed by atoms with E-state index in [1.807, 2.05) is 24.0 Å². The van der Waals surface area contributed by atoms with E-state index in [2.05, 4.69) is 4.90 Å². The SMILES string of the molecule is COc1cc(C(=O)N2CCC[C@H]2CN2CCCC2)cc(OC)c1C. The van der Waals surface area contributed by atoms with Crippen LogP contribution in [-0.2, 0) is 0 Å².